The van der Waals surface area contributed by atoms with Crippen LogP contribution < -0.4 is 4.74 Å². The number of nitrogens with zero attached hydrogens (tertiary/aromatic N) is 4. The smallest absolute Gasteiger partial charge is 0.277 e. The Hall–Kier alpha value is -2.35. The molecule has 26 heavy (non-hydrogen) atoms. The highest BCUT2D eigenvalue weighted by Gasteiger charge is 2.19. The van der Waals surface area contributed by atoms with E-state index in [9.17, 15) is 0 Å². The summed E-state index contributed by atoms with van der Waals surface area (Å²) in [6.07, 6.45) is 2.98. The number of thioether (sulfide) groups is 1. The van der Waals surface area contributed by atoms with Crippen molar-refractivity contribution >= 4 is 11.8 Å². The van der Waals surface area contributed by atoms with Gasteiger partial charge in [0.1, 0.15) is 5.75 Å². The van der Waals surface area contributed by atoms with Crippen LogP contribution in [-0.4, -0.2) is 20.3 Å². The Labute approximate surface area is 156 Å². The second kappa shape index (κ2) is 8.84. The van der Waals surface area contributed by atoms with Crippen molar-refractivity contribution in [3.05, 3.63) is 47.4 Å². The highest BCUT2D eigenvalue weighted by molar-refractivity contribution is 7.99. The molecule has 1 unspecified atom stereocenters. The molecule has 2 heterocycles. The maximum atomic E-state index is 5.67. The fraction of sp³-hybridized carbons (Fsp3) is 0.444. The Morgan fingerprint density at radius 3 is 2.96 bits per heavy atom. The lowest BCUT2D eigenvalue weighted by Gasteiger charge is -2.03. The molecule has 1 aromatic carbocycles. The third-order valence-electron chi connectivity index (χ3n) is 3.66. The lowest BCUT2D eigenvalue weighted by Crippen LogP contribution is -1.95. The van der Waals surface area contributed by atoms with Crippen molar-refractivity contribution in [3.63, 3.8) is 0 Å². The minimum atomic E-state index is -0.0659. The molecule has 0 aliphatic rings. The number of aryl methyl sites for hydroxylation is 2. The molecular formula is C18H22N4O3S. The number of ether oxygens (including phenoxy) is 1. The summed E-state index contributed by atoms with van der Waals surface area (Å²) in [5.74, 6) is 2.51. The standard InChI is InChI=1S/C18H22N4O3S/c1-4-5-9-15-19-17(25-22-15)13(3)26-18-21-20-16(24-18)11-23-14-8-6-7-12(2)10-14/h6-8,10,13H,4-5,9,11H2,1-3H3. The number of unbranched alkanes of at least 4 members (excludes halogenated alkanes) is 1. The molecular weight excluding hydrogens is 352 g/mol. The third kappa shape index (κ3) is 5.08. The minimum Gasteiger partial charge on any atom is -0.484 e. The SMILES string of the molecule is CCCCc1noc(C(C)Sc2nnc(COc3cccc(C)c3)o2)n1. The molecule has 0 amide bonds. The molecule has 0 N–H and O–H groups in total. The van der Waals surface area contributed by atoms with Crippen LogP contribution in [0.1, 0.15) is 55.1 Å². The minimum absolute atomic E-state index is 0.0659. The molecule has 0 bridgehead atoms. The van der Waals surface area contributed by atoms with Gasteiger partial charge in [0.2, 0.25) is 5.89 Å². The first-order valence-electron chi connectivity index (χ1n) is 8.65. The van der Waals surface area contributed by atoms with E-state index < -0.39 is 0 Å². The Bertz CT molecular complexity index is 833. The van der Waals surface area contributed by atoms with E-state index in [1.54, 1.807) is 0 Å². The summed E-state index contributed by atoms with van der Waals surface area (Å²) in [6.45, 7) is 6.35. The fourth-order valence-electron chi connectivity index (χ4n) is 2.27. The maximum absolute atomic E-state index is 5.67. The van der Waals surface area contributed by atoms with E-state index in [1.165, 1.54) is 11.8 Å². The Morgan fingerprint density at radius 2 is 2.15 bits per heavy atom. The van der Waals surface area contributed by atoms with Crippen LogP contribution in [0.4, 0.5) is 0 Å². The molecule has 0 saturated carbocycles. The zero-order valence-electron chi connectivity index (χ0n) is 15.1. The average molecular weight is 374 g/mol. The van der Waals surface area contributed by atoms with Crippen LogP contribution in [0.2, 0.25) is 0 Å². The van der Waals surface area contributed by atoms with Crippen molar-refractivity contribution in [2.45, 2.75) is 57.1 Å². The van der Waals surface area contributed by atoms with Crippen molar-refractivity contribution in [1.29, 1.82) is 0 Å². The Kier molecular flexibility index (Phi) is 6.27. The predicted octanol–water partition coefficient (Wildman–Crippen LogP) is 4.54. The van der Waals surface area contributed by atoms with E-state index >= 15 is 0 Å². The van der Waals surface area contributed by atoms with Crippen LogP contribution in [0.25, 0.3) is 0 Å². The van der Waals surface area contributed by atoms with Crippen LogP contribution >= 0.6 is 11.8 Å². The molecule has 138 valence electrons. The van der Waals surface area contributed by atoms with Crippen LogP contribution in [0.15, 0.2) is 38.4 Å². The molecule has 2 aromatic heterocycles. The summed E-state index contributed by atoms with van der Waals surface area (Å²) in [5, 5.41) is 12.5. The van der Waals surface area contributed by atoms with Gasteiger partial charge in [-0.15, -0.1) is 10.2 Å². The predicted molar refractivity (Wildman–Crippen MR) is 97.0 cm³/mol. The Morgan fingerprint density at radius 1 is 1.27 bits per heavy atom. The molecule has 0 fully saturated rings. The maximum Gasteiger partial charge on any atom is 0.277 e. The first-order valence-corrected chi connectivity index (χ1v) is 9.53. The van der Waals surface area contributed by atoms with E-state index in [1.807, 2.05) is 38.1 Å². The topological polar surface area (TPSA) is 87.1 Å². The normalized spacial score (nSPS) is 12.3. The molecule has 8 heteroatoms. The summed E-state index contributed by atoms with van der Waals surface area (Å²) >= 11 is 1.39. The van der Waals surface area contributed by atoms with Gasteiger partial charge in [-0.25, -0.2) is 0 Å². The van der Waals surface area contributed by atoms with Gasteiger partial charge in [0.05, 0.1) is 5.25 Å². The highest BCUT2D eigenvalue weighted by atomic mass is 32.2. The second-order valence-electron chi connectivity index (χ2n) is 5.98. The number of hydrogen-bond acceptors (Lipinski definition) is 8. The van der Waals surface area contributed by atoms with Gasteiger partial charge < -0.3 is 13.7 Å². The lowest BCUT2D eigenvalue weighted by molar-refractivity contribution is 0.252. The van der Waals surface area contributed by atoms with Crippen molar-refractivity contribution in [3.8, 4) is 5.75 Å². The van der Waals surface area contributed by atoms with Crippen LogP contribution in [-0.2, 0) is 13.0 Å². The molecule has 0 saturated heterocycles. The summed E-state index contributed by atoms with van der Waals surface area (Å²) < 4.78 is 16.6. The average Bonchev–Trinajstić information content (AvgIpc) is 3.27. The van der Waals surface area contributed by atoms with E-state index in [0.717, 1.165) is 36.4 Å². The van der Waals surface area contributed by atoms with Crippen LogP contribution in [0.3, 0.4) is 0 Å². The van der Waals surface area contributed by atoms with Crippen molar-refractivity contribution in [1.82, 2.24) is 20.3 Å². The number of aromatic nitrogens is 4. The number of hydrogen-bond donors (Lipinski definition) is 0. The van der Waals surface area contributed by atoms with Gasteiger partial charge in [0.15, 0.2) is 12.4 Å². The van der Waals surface area contributed by atoms with E-state index in [4.69, 9.17) is 13.7 Å². The van der Waals surface area contributed by atoms with Gasteiger partial charge in [-0.1, -0.05) is 42.4 Å². The first-order chi connectivity index (χ1) is 12.6. The zero-order chi connectivity index (χ0) is 18.4. The van der Waals surface area contributed by atoms with Gasteiger partial charge in [-0.2, -0.15) is 4.98 Å². The van der Waals surface area contributed by atoms with Gasteiger partial charge in [-0.05, 0) is 38.0 Å². The molecule has 0 aliphatic carbocycles. The van der Waals surface area contributed by atoms with Crippen molar-refractivity contribution in [2.75, 3.05) is 0 Å². The molecule has 3 rings (SSSR count). The zero-order valence-corrected chi connectivity index (χ0v) is 16.0. The van der Waals surface area contributed by atoms with E-state index in [-0.39, 0.29) is 11.9 Å². The van der Waals surface area contributed by atoms with E-state index in [0.29, 0.717) is 17.0 Å². The summed E-state index contributed by atoms with van der Waals surface area (Å²) in [4.78, 5) is 4.42. The molecule has 7 nitrogen and oxygen atoms in total. The quantitative estimate of drug-likeness (QED) is 0.505. The Balaban J connectivity index is 1.53. The van der Waals surface area contributed by atoms with Gasteiger partial charge in [-0.3, -0.25) is 0 Å². The third-order valence-corrected chi connectivity index (χ3v) is 4.59. The van der Waals surface area contributed by atoms with Crippen LogP contribution in [0, 0.1) is 6.92 Å². The lowest BCUT2D eigenvalue weighted by atomic mass is 10.2. The first kappa shape index (κ1) is 18.4. The van der Waals surface area contributed by atoms with Gasteiger partial charge in [0.25, 0.3) is 11.1 Å². The monoisotopic (exact) mass is 374 g/mol. The summed E-state index contributed by atoms with van der Waals surface area (Å²) in [6, 6.07) is 7.81. The molecule has 0 radical (unpaired) electrons. The second-order valence-corrected chi connectivity index (χ2v) is 7.27. The largest absolute Gasteiger partial charge is 0.484 e. The molecule has 3 aromatic rings. The highest BCUT2D eigenvalue weighted by Crippen LogP contribution is 2.33. The molecule has 0 spiro atoms. The van der Waals surface area contributed by atoms with Crippen LogP contribution in [0.5, 0.6) is 5.75 Å². The van der Waals surface area contributed by atoms with Crippen molar-refractivity contribution < 1.29 is 13.7 Å². The fourth-order valence-corrected chi connectivity index (χ4v) is 3.00. The van der Waals surface area contributed by atoms with Gasteiger partial charge in [0, 0.05) is 6.42 Å². The summed E-state index contributed by atoms with van der Waals surface area (Å²) in [7, 11) is 0. The van der Waals surface area contributed by atoms with Crippen molar-refractivity contribution in [2.24, 2.45) is 0 Å². The summed E-state index contributed by atoms with van der Waals surface area (Å²) in [5.41, 5.74) is 1.14. The molecule has 0 aliphatic heterocycles. The van der Waals surface area contributed by atoms with Gasteiger partial charge >= 0.3 is 0 Å². The molecule has 1 atom stereocenters. The van der Waals surface area contributed by atoms with E-state index in [2.05, 4.69) is 27.3 Å². The number of rotatable bonds is 9. The number of benzene rings is 1.